The van der Waals surface area contributed by atoms with Crippen LogP contribution in [0.5, 0.6) is 5.75 Å². The highest BCUT2D eigenvalue weighted by atomic mass is 35.5. The molecule has 8 heteroatoms. The molecule has 1 aliphatic heterocycles. The molecule has 1 unspecified atom stereocenters. The fraction of sp³-hybridized carbons (Fsp3) is 0.667. The monoisotopic (exact) mass is 405 g/mol. The summed E-state index contributed by atoms with van der Waals surface area (Å²) in [4.78, 5) is 17.5. The van der Waals surface area contributed by atoms with Crippen molar-refractivity contribution in [3.63, 3.8) is 0 Å². The van der Waals surface area contributed by atoms with Gasteiger partial charge in [0.05, 0.1) is 11.6 Å². The van der Waals surface area contributed by atoms with Crippen LogP contribution in [0.4, 0.5) is 0 Å². The van der Waals surface area contributed by atoms with E-state index in [1.54, 1.807) is 0 Å². The SMILES string of the molecule is CCCCCCCc1ccc(O[C@@H]2CNC(COP(=O)(O)O)C2)c(Cl)c1. The summed E-state index contributed by atoms with van der Waals surface area (Å²) in [6.45, 7) is 2.75. The van der Waals surface area contributed by atoms with Crippen LogP contribution in [0.1, 0.15) is 51.0 Å². The number of ether oxygens (including phenoxy) is 1. The smallest absolute Gasteiger partial charge is 0.469 e. The number of nitrogens with one attached hydrogen (secondary N) is 1. The van der Waals surface area contributed by atoms with Gasteiger partial charge in [-0.15, -0.1) is 0 Å². The number of hydrogen-bond acceptors (Lipinski definition) is 4. The highest BCUT2D eigenvalue weighted by Crippen LogP contribution is 2.36. The van der Waals surface area contributed by atoms with E-state index in [4.69, 9.17) is 26.1 Å². The third-order valence-corrected chi connectivity index (χ3v) is 5.27. The molecule has 1 aromatic carbocycles. The minimum Gasteiger partial charge on any atom is -0.487 e. The standard InChI is InChI=1S/C18H29ClNO5P/c1-2-3-4-5-6-7-14-8-9-18(17(19)10-14)25-16-11-15(20-12-16)13-24-26(21,22)23/h8-10,15-16,20H,2-7,11-13H2,1H3,(H2,21,22,23)/t15?,16-/m0/s1. The molecule has 0 aliphatic carbocycles. The van der Waals surface area contributed by atoms with Crippen LogP contribution >= 0.6 is 19.4 Å². The minimum atomic E-state index is -4.44. The molecule has 3 N–H and O–H groups in total. The van der Waals surface area contributed by atoms with E-state index in [1.165, 1.54) is 37.7 Å². The van der Waals surface area contributed by atoms with Gasteiger partial charge in [-0.05, 0) is 30.5 Å². The number of rotatable bonds is 11. The molecule has 1 aliphatic rings. The average Bonchev–Trinajstić information content (AvgIpc) is 3.02. The molecule has 1 aromatic rings. The molecule has 0 amide bonds. The molecular weight excluding hydrogens is 377 g/mol. The Morgan fingerprint density at radius 1 is 1.27 bits per heavy atom. The molecule has 0 saturated carbocycles. The maximum atomic E-state index is 10.8. The quantitative estimate of drug-likeness (QED) is 0.380. The van der Waals surface area contributed by atoms with Gasteiger partial charge in [-0.2, -0.15) is 0 Å². The molecule has 2 atom stereocenters. The van der Waals surface area contributed by atoms with E-state index in [1.807, 2.05) is 12.1 Å². The maximum Gasteiger partial charge on any atom is 0.469 e. The van der Waals surface area contributed by atoms with Crippen molar-refractivity contribution < 1.29 is 23.6 Å². The van der Waals surface area contributed by atoms with Crippen molar-refractivity contribution in [2.24, 2.45) is 0 Å². The zero-order valence-corrected chi connectivity index (χ0v) is 16.8. The molecule has 0 aromatic heterocycles. The average molecular weight is 406 g/mol. The zero-order chi connectivity index (χ0) is 19.0. The van der Waals surface area contributed by atoms with Gasteiger partial charge in [-0.3, -0.25) is 4.52 Å². The summed E-state index contributed by atoms with van der Waals surface area (Å²) in [7, 11) is -4.44. The van der Waals surface area contributed by atoms with Crippen molar-refractivity contribution in [3.05, 3.63) is 28.8 Å². The summed E-state index contributed by atoms with van der Waals surface area (Å²) < 4.78 is 21.2. The van der Waals surface area contributed by atoms with Gasteiger partial charge in [0.25, 0.3) is 0 Å². The Balaban J connectivity index is 1.76. The van der Waals surface area contributed by atoms with Crippen molar-refractivity contribution >= 4 is 19.4 Å². The molecule has 0 radical (unpaired) electrons. The largest absolute Gasteiger partial charge is 0.487 e. The van der Waals surface area contributed by atoms with Crippen molar-refractivity contribution in [1.29, 1.82) is 0 Å². The Morgan fingerprint density at radius 2 is 2.04 bits per heavy atom. The lowest BCUT2D eigenvalue weighted by atomic mass is 10.1. The van der Waals surface area contributed by atoms with Gasteiger partial charge in [0.1, 0.15) is 11.9 Å². The van der Waals surface area contributed by atoms with Crippen LogP contribution in [0.25, 0.3) is 0 Å². The van der Waals surface area contributed by atoms with Crippen molar-refractivity contribution in [2.45, 2.75) is 64.0 Å². The lowest BCUT2D eigenvalue weighted by molar-refractivity contribution is 0.173. The first-order valence-corrected chi connectivity index (χ1v) is 11.2. The number of phosphoric ester groups is 1. The molecule has 148 valence electrons. The molecule has 0 bridgehead atoms. The Labute approximate surface area is 160 Å². The van der Waals surface area contributed by atoms with Gasteiger partial charge in [0.2, 0.25) is 0 Å². The zero-order valence-electron chi connectivity index (χ0n) is 15.2. The summed E-state index contributed by atoms with van der Waals surface area (Å²) in [6.07, 6.45) is 7.78. The van der Waals surface area contributed by atoms with Gasteiger partial charge in [-0.25, -0.2) is 4.57 Å². The van der Waals surface area contributed by atoms with Crippen LogP contribution in [0.15, 0.2) is 18.2 Å². The van der Waals surface area contributed by atoms with Gasteiger partial charge in [-0.1, -0.05) is 50.3 Å². The molecule has 1 heterocycles. The van der Waals surface area contributed by atoms with E-state index in [2.05, 4.69) is 22.8 Å². The first-order chi connectivity index (χ1) is 12.4. The van der Waals surface area contributed by atoms with Gasteiger partial charge in [0.15, 0.2) is 0 Å². The molecule has 6 nitrogen and oxygen atoms in total. The van der Waals surface area contributed by atoms with E-state index in [0.717, 1.165) is 6.42 Å². The number of unbranched alkanes of at least 4 members (excludes halogenated alkanes) is 4. The van der Waals surface area contributed by atoms with Crippen LogP contribution < -0.4 is 10.1 Å². The predicted octanol–water partition coefficient (Wildman–Crippen LogP) is 4.07. The Morgan fingerprint density at radius 3 is 2.73 bits per heavy atom. The third kappa shape index (κ3) is 7.95. The Bertz CT molecular complexity index is 609. The highest BCUT2D eigenvalue weighted by molar-refractivity contribution is 7.46. The minimum absolute atomic E-state index is 0.0468. The summed E-state index contributed by atoms with van der Waals surface area (Å²) in [6, 6.07) is 5.78. The molecule has 1 saturated heterocycles. The van der Waals surface area contributed by atoms with Crippen LogP contribution in [-0.4, -0.2) is 35.1 Å². The second-order valence-corrected chi connectivity index (χ2v) is 8.44. The predicted molar refractivity (Wildman–Crippen MR) is 103 cm³/mol. The summed E-state index contributed by atoms with van der Waals surface area (Å²) in [5.74, 6) is 0.643. The normalized spacial score (nSPS) is 20.5. The molecule has 1 fully saturated rings. The maximum absolute atomic E-state index is 10.8. The molecule has 0 spiro atoms. The van der Waals surface area contributed by atoms with Gasteiger partial charge in [0, 0.05) is 19.0 Å². The molecular formula is C18H29ClNO5P. The number of phosphoric acid groups is 1. The fourth-order valence-corrected chi connectivity index (χ4v) is 3.72. The summed E-state index contributed by atoms with van der Waals surface area (Å²) in [5.41, 5.74) is 1.22. The highest BCUT2D eigenvalue weighted by Gasteiger charge is 2.28. The van der Waals surface area contributed by atoms with Crippen LogP contribution in [0.2, 0.25) is 5.02 Å². The Hall–Kier alpha value is -0.620. The molecule has 2 rings (SSSR count). The van der Waals surface area contributed by atoms with E-state index in [9.17, 15) is 4.57 Å². The number of benzene rings is 1. The van der Waals surface area contributed by atoms with Gasteiger partial charge < -0.3 is 19.8 Å². The van der Waals surface area contributed by atoms with E-state index in [0.29, 0.717) is 23.7 Å². The van der Waals surface area contributed by atoms with E-state index < -0.39 is 7.82 Å². The first kappa shape index (κ1) is 21.7. The van der Waals surface area contributed by atoms with E-state index in [-0.39, 0.29) is 18.8 Å². The van der Waals surface area contributed by atoms with Crippen LogP contribution in [-0.2, 0) is 15.5 Å². The van der Waals surface area contributed by atoms with Gasteiger partial charge >= 0.3 is 7.82 Å². The van der Waals surface area contributed by atoms with Crippen molar-refractivity contribution in [3.8, 4) is 5.75 Å². The number of hydrogen-bond donors (Lipinski definition) is 3. The lowest BCUT2D eigenvalue weighted by Gasteiger charge is -2.15. The Kier molecular flexibility index (Phi) is 8.88. The van der Waals surface area contributed by atoms with Crippen molar-refractivity contribution in [2.75, 3.05) is 13.2 Å². The number of aryl methyl sites for hydroxylation is 1. The van der Waals surface area contributed by atoms with E-state index >= 15 is 0 Å². The summed E-state index contributed by atoms with van der Waals surface area (Å²) in [5, 5.41) is 3.74. The van der Waals surface area contributed by atoms with Crippen LogP contribution in [0, 0.1) is 0 Å². The fourth-order valence-electron chi connectivity index (χ4n) is 3.09. The molecule has 26 heavy (non-hydrogen) atoms. The topological polar surface area (TPSA) is 88.0 Å². The number of halogens is 1. The lowest BCUT2D eigenvalue weighted by Crippen LogP contribution is -2.26. The third-order valence-electron chi connectivity index (χ3n) is 4.48. The second kappa shape index (κ2) is 10.6. The summed E-state index contributed by atoms with van der Waals surface area (Å²) >= 11 is 6.35. The van der Waals surface area contributed by atoms with Crippen LogP contribution in [0.3, 0.4) is 0 Å². The van der Waals surface area contributed by atoms with Crippen molar-refractivity contribution in [1.82, 2.24) is 5.32 Å². The first-order valence-electron chi connectivity index (χ1n) is 9.26. The second-order valence-electron chi connectivity index (χ2n) is 6.80.